The van der Waals surface area contributed by atoms with Crippen molar-refractivity contribution in [3.05, 3.63) is 62.5 Å². The molecule has 1 aromatic heterocycles. The first-order valence-electron chi connectivity index (χ1n) is 7.36. The molecule has 0 bridgehead atoms. The van der Waals surface area contributed by atoms with Crippen LogP contribution < -0.4 is 0 Å². The highest BCUT2D eigenvalue weighted by Gasteiger charge is 2.60. The highest BCUT2D eigenvalue weighted by Crippen LogP contribution is 2.39. The third kappa shape index (κ3) is 4.20. The van der Waals surface area contributed by atoms with Gasteiger partial charge in [-0.1, -0.05) is 11.6 Å². The molecule has 0 aliphatic carbocycles. The van der Waals surface area contributed by atoms with Gasteiger partial charge in [0.15, 0.2) is 0 Å². The number of esters is 1. The predicted octanol–water partition coefficient (Wildman–Crippen LogP) is 3.35. The van der Waals surface area contributed by atoms with Crippen molar-refractivity contribution in [3.8, 4) is 11.3 Å². The van der Waals surface area contributed by atoms with Gasteiger partial charge in [0.05, 0.1) is 29.1 Å². The van der Waals surface area contributed by atoms with Crippen LogP contribution in [-0.4, -0.2) is 40.8 Å². The van der Waals surface area contributed by atoms with E-state index in [-0.39, 0.29) is 16.3 Å². The van der Waals surface area contributed by atoms with Crippen LogP contribution in [0.2, 0.25) is 5.02 Å². The number of alkyl halides is 3. The monoisotopic (exact) mass is 422 g/mol. The van der Waals surface area contributed by atoms with Crippen LogP contribution in [0.4, 0.5) is 17.6 Å². The molecule has 2 rings (SSSR count). The normalized spacial score (nSPS) is 13.7. The molecule has 0 radical (unpaired) electrons. The van der Waals surface area contributed by atoms with Crippen molar-refractivity contribution in [1.29, 1.82) is 0 Å². The van der Waals surface area contributed by atoms with Crippen LogP contribution in [-0.2, 0) is 10.3 Å². The van der Waals surface area contributed by atoms with Crippen molar-refractivity contribution in [2.75, 3.05) is 13.7 Å². The molecule has 0 saturated carbocycles. The van der Waals surface area contributed by atoms with E-state index in [0.29, 0.717) is 6.07 Å². The van der Waals surface area contributed by atoms with Crippen LogP contribution in [0.15, 0.2) is 30.3 Å². The Morgan fingerprint density at radius 1 is 1.32 bits per heavy atom. The standard InChI is InChI=1S/C16H11ClF4N2O5/c1-28-14(24)9-5-12(8-2-3-11(18)10(17)4-8)22-13(6-9)15(25,7-23(26)27)16(19,20)21/h2-6,25H,7H2,1H3. The van der Waals surface area contributed by atoms with E-state index in [4.69, 9.17) is 11.6 Å². The Labute approximate surface area is 159 Å². The van der Waals surface area contributed by atoms with E-state index in [1.165, 1.54) is 0 Å². The summed E-state index contributed by atoms with van der Waals surface area (Å²) in [6.07, 6.45) is -5.49. The topological polar surface area (TPSA) is 103 Å². The van der Waals surface area contributed by atoms with E-state index < -0.39 is 46.3 Å². The van der Waals surface area contributed by atoms with Gasteiger partial charge in [-0.3, -0.25) is 10.1 Å². The van der Waals surface area contributed by atoms with Gasteiger partial charge in [-0.05, 0) is 30.3 Å². The Morgan fingerprint density at radius 2 is 1.96 bits per heavy atom. The van der Waals surface area contributed by atoms with E-state index in [0.717, 1.165) is 31.4 Å². The summed E-state index contributed by atoms with van der Waals surface area (Å²) in [5.41, 5.74) is -5.96. The van der Waals surface area contributed by atoms with E-state index in [1.54, 1.807) is 0 Å². The molecule has 150 valence electrons. The second kappa shape index (κ2) is 7.68. The van der Waals surface area contributed by atoms with E-state index in [1.807, 2.05) is 0 Å². The van der Waals surface area contributed by atoms with Gasteiger partial charge < -0.3 is 9.84 Å². The lowest BCUT2D eigenvalue weighted by Crippen LogP contribution is -2.48. The van der Waals surface area contributed by atoms with Gasteiger partial charge in [0, 0.05) is 10.5 Å². The lowest BCUT2D eigenvalue weighted by molar-refractivity contribution is -0.519. The maximum Gasteiger partial charge on any atom is 0.429 e. The molecule has 7 nitrogen and oxygen atoms in total. The number of rotatable bonds is 5. The number of benzene rings is 1. The van der Waals surface area contributed by atoms with Crippen molar-refractivity contribution >= 4 is 17.6 Å². The molecule has 12 heteroatoms. The van der Waals surface area contributed by atoms with Crippen LogP contribution >= 0.6 is 11.6 Å². The van der Waals surface area contributed by atoms with Crippen LogP contribution in [0.25, 0.3) is 11.3 Å². The Hall–Kier alpha value is -2.79. The molecule has 0 aliphatic heterocycles. The Balaban J connectivity index is 2.77. The number of aromatic nitrogens is 1. The zero-order chi connectivity index (χ0) is 21.3. The molecule has 1 aromatic carbocycles. The minimum Gasteiger partial charge on any atom is -0.465 e. The molecule has 0 saturated heterocycles. The fraction of sp³-hybridized carbons (Fsp3) is 0.250. The summed E-state index contributed by atoms with van der Waals surface area (Å²) in [6, 6.07) is 4.62. The first kappa shape index (κ1) is 21.5. The van der Waals surface area contributed by atoms with Gasteiger partial charge in [-0.15, -0.1) is 0 Å². The summed E-state index contributed by atoms with van der Waals surface area (Å²) in [5, 5.41) is 20.4. The number of nitrogens with zero attached hydrogens (tertiary/aromatic N) is 2. The predicted molar refractivity (Wildman–Crippen MR) is 87.8 cm³/mol. The number of methoxy groups -OCH3 is 1. The van der Waals surface area contributed by atoms with Crippen molar-refractivity contribution in [2.45, 2.75) is 11.8 Å². The maximum atomic E-state index is 13.4. The first-order chi connectivity index (χ1) is 12.9. The maximum absolute atomic E-state index is 13.4. The van der Waals surface area contributed by atoms with Gasteiger partial charge in [0.25, 0.3) is 5.60 Å². The van der Waals surface area contributed by atoms with Crippen LogP contribution in [0.1, 0.15) is 16.1 Å². The van der Waals surface area contributed by atoms with Crippen molar-refractivity contribution < 1.29 is 37.1 Å². The second-order valence-corrected chi connectivity index (χ2v) is 6.00. The number of hydrogen-bond donors (Lipinski definition) is 1. The number of aliphatic hydroxyl groups is 1. The molecule has 28 heavy (non-hydrogen) atoms. The summed E-state index contributed by atoms with van der Waals surface area (Å²) in [4.78, 5) is 24.8. The zero-order valence-electron chi connectivity index (χ0n) is 14.0. The smallest absolute Gasteiger partial charge is 0.429 e. The van der Waals surface area contributed by atoms with Crippen molar-refractivity contribution in [2.24, 2.45) is 0 Å². The van der Waals surface area contributed by atoms with Gasteiger partial charge >= 0.3 is 12.1 Å². The molecule has 2 aromatic rings. The third-order valence-corrected chi connectivity index (χ3v) is 4.00. The Kier molecular flexibility index (Phi) is 5.90. The summed E-state index contributed by atoms with van der Waals surface area (Å²) in [6.45, 7) is -1.95. The third-order valence-electron chi connectivity index (χ3n) is 3.71. The fourth-order valence-electron chi connectivity index (χ4n) is 2.28. The molecule has 0 spiro atoms. The molecular weight excluding hydrogens is 412 g/mol. The fourth-order valence-corrected chi connectivity index (χ4v) is 2.46. The van der Waals surface area contributed by atoms with E-state index in [2.05, 4.69) is 9.72 Å². The lowest BCUT2D eigenvalue weighted by Gasteiger charge is -2.26. The Morgan fingerprint density at radius 3 is 2.46 bits per heavy atom. The van der Waals surface area contributed by atoms with Crippen LogP contribution in [0, 0.1) is 15.9 Å². The van der Waals surface area contributed by atoms with E-state index >= 15 is 0 Å². The minimum absolute atomic E-state index is 0.00373. The number of hydrogen-bond acceptors (Lipinski definition) is 6. The molecule has 1 heterocycles. The van der Waals surface area contributed by atoms with Gasteiger partial charge in [0.1, 0.15) is 5.82 Å². The molecule has 0 fully saturated rings. The summed E-state index contributed by atoms with van der Waals surface area (Å²) in [7, 11) is 0.962. The van der Waals surface area contributed by atoms with E-state index in [9.17, 15) is 37.6 Å². The zero-order valence-corrected chi connectivity index (χ0v) is 14.7. The number of pyridine rings is 1. The Bertz CT molecular complexity index is 938. The van der Waals surface area contributed by atoms with Crippen molar-refractivity contribution in [1.82, 2.24) is 4.98 Å². The number of nitro groups is 1. The molecular formula is C16H11ClF4N2O5. The highest BCUT2D eigenvalue weighted by molar-refractivity contribution is 6.31. The molecule has 1 atom stereocenters. The summed E-state index contributed by atoms with van der Waals surface area (Å²) in [5.74, 6) is -1.89. The quantitative estimate of drug-likeness (QED) is 0.343. The first-order valence-corrected chi connectivity index (χ1v) is 7.74. The summed E-state index contributed by atoms with van der Waals surface area (Å²) >= 11 is 5.65. The molecule has 1 N–H and O–H groups in total. The summed E-state index contributed by atoms with van der Waals surface area (Å²) < 4.78 is 58.1. The number of carbonyl (C=O) groups is 1. The average molecular weight is 423 g/mol. The molecule has 1 unspecified atom stereocenters. The number of halogens is 5. The molecule has 0 amide bonds. The van der Waals surface area contributed by atoms with Crippen LogP contribution in [0.5, 0.6) is 0 Å². The number of ether oxygens (including phenoxy) is 1. The largest absolute Gasteiger partial charge is 0.465 e. The highest BCUT2D eigenvalue weighted by atomic mass is 35.5. The lowest BCUT2D eigenvalue weighted by atomic mass is 9.95. The average Bonchev–Trinajstić information content (AvgIpc) is 2.61. The SMILES string of the molecule is COC(=O)c1cc(-c2ccc(F)c(Cl)c2)nc(C(O)(C[N+](=O)[O-])C(F)(F)F)c1. The van der Waals surface area contributed by atoms with Crippen molar-refractivity contribution in [3.63, 3.8) is 0 Å². The minimum atomic E-state index is -5.49. The second-order valence-electron chi connectivity index (χ2n) is 5.60. The number of carbonyl (C=O) groups excluding carboxylic acids is 1. The van der Waals surface area contributed by atoms with Gasteiger partial charge in [-0.25, -0.2) is 14.2 Å². The van der Waals surface area contributed by atoms with Gasteiger partial charge in [0.2, 0.25) is 6.54 Å². The molecule has 0 aliphatic rings. The van der Waals surface area contributed by atoms with Crippen LogP contribution in [0.3, 0.4) is 0 Å². The van der Waals surface area contributed by atoms with Gasteiger partial charge in [-0.2, -0.15) is 13.2 Å².